The fourth-order valence-electron chi connectivity index (χ4n) is 4.13. The first-order chi connectivity index (χ1) is 16.0. The van der Waals surface area contributed by atoms with E-state index < -0.39 is 14.8 Å². The summed E-state index contributed by atoms with van der Waals surface area (Å²) in [6.07, 6.45) is 2.64. The Hall–Kier alpha value is -3.21. The second-order valence-electron chi connectivity index (χ2n) is 9.29. The van der Waals surface area contributed by atoms with Crippen molar-refractivity contribution < 1.29 is 18.0 Å². The number of aromatic nitrogens is 2. The lowest BCUT2D eigenvalue weighted by Gasteiger charge is -2.30. The van der Waals surface area contributed by atoms with Gasteiger partial charge in [-0.2, -0.15) is 9.50 Å². The molecule has 2 amide bonds. The molecule has 4 rings (SSSR count). The zero-order valence-electron chi connectivity index (χ0n) is 19.9. The van der Waals surface area contributed by atoms with Crippen LogP contribution in [0, 0.1) is 6.92 Å². The Morgan fingerprint density at radius 3 is 2.56 bits per heavy atom. The van der Waals surface area contributed by atoms with E-state index in [0.29, 0.717) is 43.6 Å². The third-order valence-corrected chi connectivity index (χ3v) is 8.31. The highest BCUT2D eigenvalue weighted by Crippen LogP contribution is 2.45. The molecule has 0 saturated heterocycles. The molecular formula is C23H30N6O4S. The Bertz CT molecular complexity index is 1240. The number of aryl methyl sites for hydroxylation is 2. The van der Waals surface area contributed by atoms with Crippen molar-refractivity contribution in [1.29, 1.82) is 0 Å². The summed E-state index contributed by atoms with van der Waals surface area (Å²) < 4.78 is 29.7. The van der Waals surface area contributed by atoms with E-state index in [4.69, 9.17) is 0 Å². The summed E-state index contributed by atoms with van der Waals surface area (Å²) in [5.74, 6) is -0.648. The number of hydrogen-bond donors (Lipinski definition) is 1. The van der Waals surface area contributed by atoms with Gasteiger partial charge in [0, 0.05) is 46.3 Å². The van der Waals surface area contributed by atoms with Crippen LogP contribution in [0.25, 0.3) is 0 Å². The highest BCUT2D eigenvalue weighted by molar-refractivity contribution is 7.92. The smallest absolute Gasteiger partial charge is 0.272 e. The van der Waals surface area contributed by atoms with Gasteiger partial charge in [-0.25, -0.2) is 8.42 Å². The highest BCUT2D eigenvalue weighted by Gasteiger charge is 2.56. The third kappa shape index (κ3) is 4.56. The number of nitrogens with zero attached hydrogens (tertiary/aromatic N) is 5. The number of hydrogen-bond acceptors (Lipinski definition) is 5. The molecular weight excluding hydrogens is 456 g/mol. The number of fused-ring (bicyclic) bond motifs is 1. The molecule has 1 N–H and O–H groups in total. The van der Waals surface area contributed by atoms with Crippen molar-refractivity contribution in [3.63, 3.8) is 0 Å². The average molecular weight is 487 g/mol. The van der Waals surface area contributed by atoms with Crippen molar-refractivity contribution in [3.05, 3.63) is 52.3 Å². The Kier molecular flexibility index (Phi) is 6.24. The van der Waals surface area contributed by atoms with Crippen molar-refractivity contribution >= 4 is 28.2 Å². The first kappa shape index (κ1) is 23.9. The zero-order chi connectivity index (χ0) is 24.7. The molecule has 0 radical (unpaired) electrons. The number of sulfonamides is 1. The van der Waals surface area contributed by atoms with Gasteiger partial charge in [0.05, 0.1) is 0 Å². The molecule has 0 atom stereocenters. The summed E-state index contributed by atoms with van der Waals surface area (Å²) in [6, 6.07) is 7.87. The number of carbonyl (C=O) groups is 2. The normalized spacial score (nSPS) is 17.1. The molecule has 11 heteroatoms. The van der Waals surface area contributed by atoms with E-state index in [2.05, 4.69) is 14.8 Å². The summed E-state index contributed by atoms with van der Waals surface area (Å²) >= 11 is 0. The van der Waals surface area contributed by atoms with E-state index in [1.54, 1.807) is 30.9 Å². The van der Waals surface area contributed by atoms with Gasteiger partial charge in [-0.1, -0.05) is 29.8 Å². The van der Waals surface area contributed by atoms with E-state index in [0.717, 1.165) is 11.1 Å². The van der Waals surface area contributed by atoms with Crippen molar-refractivity contribution in [2.45, 2.75) is 37.5 Å². The van der Waals surface area contributed by atoms with Crippen molar-refractivity contribution in [3.8, 4) is 0 Å². The molecule has 182 valence electrons. The van der Waals surface area contributed by atoms with Gasteiger partial charge in [0.2, 0.25) is 0 Å². The lowest BCUT2D eigenvalue weighted by molar-refractivity contribution is 0.0724. The van der Waals surface area contributed by atoms with Crippen molar-refractivity contribution in [2.24, 2.45) is 11.4 Å². The number of nitrogens with one attached hydrogen (secondary N) is 1. The average Bonchev–Trinajstić information content (AvgIpc) is 3.50. The van der Waals surface area contributed by atoms with E-state index >= 15 is 0 Å². The van der Waals surface area contributed by atoms with E-state index in [1.807, 2.05) is 31.2 Å². The second-order valence-corrected chi connectivity index (χ2v) is 11.3. The molecule has 10 nitrogen and oxygen atoms in total. The maximum atomic E-state index is 13.3. The summed E-state index contributed by atoms with van der Waals surface area (Å²) in [5.41, 5.74) is 3.28. The zero-order valence-corrected chi connectivity index (χ0v) is 20.7. The standard InChI is InChI=1S/C23H30N6O4S/c1-16-5-7-17(8-6-16)13-24-21(30)19-18-9-12-29(22(31)20(18)28(4)26-19)14-23(10-11-23)34(32,33)25-15-27(2)3/h5-8,15H,9-14H2,1-4H3,(H,24,30)/b25-15+. The van der Waals surface area contributed by atoms with Crippen LogP contribution in [0.4, 0.5) is 0 Å². The van der Waals surface area contributed by atoms with Gasteiger partial charge < -0.3 is 15.1 Å². The SMILES string of the molecule is Cc1ccc(CNC(=O)c2nn(C)c3c2CCN(CC2(S(=O)(=O)/N=C/N(C)C)CC2)C3=O)cc1. The third-order valence-electron chi connectivity index (χ3n) is 6.31. The fourth-order valence-corrected chi connectivity index (χ4v) is 5.60. The minimum absolute atomic E-state index is 0.0819. The minimum atomic E-state index is -3.75. The number of benzene rings is 1. The molecule has 0 bridgehead atoms. The Morgan fingerprint density at radius 2 is 1.94 bits per heavy atom. The van der Waals surface area contributed by atoms with E-state index in [1.165, 1.54) is 11.0 Å². The topological polar surface area (TPSA) is 117 Å². The van der Waals surface area contributed by atoms with Gasteiger partial charge in [-0.05, 0) is 31.7 Å². The maximum absolute atomic E-state index is 13.3. The van der Waals surface area contributed by atoms with Crippen LogP contribution in [0.15, 0.2) is 28.7 Å². The van der Waals surface area contributed by atoms with Gasteiger partial charge in [-0.15, -0.1) is 0 Å². The van der Waals surface area contributed by atoms with Crippen LogP contribution in [0.5, 0.6) is 0 Å². The predicted molar refractivity (Wildman–Crippen MR) is 128 cm³/mol. The summed E-state index contributed by atoms with van der Waals surface area (Å²) in [5, 5.41) is 7.20. The molecule has 34 heavy (non-hydrogen) atoms. The predicted octanol–water partition coefficient (Wildman–Crippen LogP) is 1.11. The van der Waals surface area contributed by atoms with Gasteiger partial charge in [0.15, 0.2) is 5.69 Å². The lowest BCUT2D eigenvalue weighted by Crippen LogP contribution is -2.46. The molecule has 1 aliphatic carbocycles. The fraction of sp³-hybridized carbons (Fsp3) is 0.478. The van der Waals surface area contributed by atoms with Crippen LogP contribution in [0.2, 0.25) is 0 Å². The maximum Gasteiger partial charge on any atom is 0.272 e. The van der Waals surface area contributed by atoms with Gasteiger partial charge in [0.1, 0.15) is 16.8 Å². The summed E-state index contributed by atoms with van der Waals surface area (Å²) in [4.78, 5) is 29.2. The van der Waals surface area contributed by atoms with E-state index in [-0.39, 0.29) is 24.1 Å². The lowest BCUT2D eigenvalue weighted by atomic mass is 10.0. The Morgan fingerprint density at radius 1 is 1.26 bits per heavy atom. The summed E-state index contributed by atoms with van der Waals surface area (Å²) in [6.45, 7) is 2.77. The summed E-state index contributed by atoms with van der Waals surface area (Å²) in [7, 11) is 1.27. The van der Waals surface area contributed by atoms with Gasteiger partial charge in [-0.3, -0.25) is 14.3 Å². The van der Waals surface area contributed by atoms with Crippen LogP contribution in [-0.2, 0) is 30.0 Å². The molecule has 1 saturated carbocycles. The van der Waals surface area contributed by atoms with Gasteiger partial charge in [0.25, 0.3) is 21.8 Å². The molecule has 1 aromatic heterocycles. The van der Waals surface area contributed by atoms with Crippen LogP contribution < -0.4 is 5.32 Å². The molecule has 2 heterocycles. The molecule has 0 spiro atoms. The Balaban J connectivity index is 1.48. The van der Waals surface area contributed by atoms with Crippen molar-refractivity contribution in [2.75, 3.05) is 27.2 Å². The molecule has 0 unspecified atom stereocenters. The molecule has 1 aromatic carbocycles. The number of amides is 2. The monoisotopic (exact) mass is 486 g/mol. The highest BCUT2D eigenvalue weighted by atomic mass is 32.2. The second kappa shape index (κ2) is 8.86. The first-order valence-corrected chi connectivity index (χ1v) is 12.6. The molecule has 1 fully saturated rings. The van der Waals surface area contributed by atoms with Crippen LogP contribution in [-0.4, -0.2) is 78.1 Å². The largest absolute Gasteiger partial charge is 0.368 e. The quantitative estimate of drug-likeness (QED) is 0.441. The van der Waals surface area contributed by atoms with Crippen LogP contribution in [0.3, 0.4) is 0 Å². The molecule has 2 aliphatic rings. The first-order valence-electron chi connectivity index (χ1n) is 11.2. The number of carbonyl (C=O) groups excluding carboxylic acids is 2. The van der Waals surface area contributed by atoms with Crippen LogP contribution >= 0.6 is 0 Å². The van der Waals surface area contributed by atoms with E-state index in [9.17, 15) is 18.0 Å². The minimum Gasteiger partial charge on any atom is -0.368 e. The molecule has 1 aliphatic heterocycles. The molecule has 2 aromatic rings. The van der Waals surface area contributed by atoms with Crippen LogP contribution in [0.1, 0.15) is 50.5 Å². The Labute approximate surface area is 199 Å². The van der Waals surface area contributed by atoms with Crippen molar-refractivity contribution in [1.82, 2.24) is 24.9 Å². The number of rotatable bonds is 8. The van der Waals surface area contributed by atoms with Gasteiger partial charge >= 0.3 is 0 Å².